The Labute approximate surface area is 189 Å². The molecule has 1 fully saturated rings. The van der Waals surface area contributed by atoms with Gasteiger partial charge in [0, 0.05) is 24.0 Å². The second kappa shape index (κ2) is 9.49. The van der Waals surface area contributed by atoms with Crippen molar-refractivity contribution in [2.75, 3.05) is 19.8 Å². The van der Waals surface area contributed by atoms with E-state index >= 15 is 0 Å². The summed E-state index contributed by atoms with van der Waals surface area (Å²) in [6.07, 6.45) is 4.62. The highest BCUT2D eigenvalue weighted by molar-refractivity contribution is 6.17. The second-order valence-electron chi connectivity index (χ2n) is 9.23. The van der Waals surface area contributed by atoms with Crippen LogP contribution in [0.15, 0.2) is 29.4 Å². The van der Waals surface area contributed by atoms with Gasteiger partial charge in [0.05, 0.1) is 19.8 Å². The topological polar surface area (TPSA) is 82.1 Å². The molecule has 1 saturated heterocycles. The number of rotatable bonds is 6. The van der Waals surface area contributed by atoms with Crippen LogP contribution in [0.1, 0.15) is 57.6 Å². The van der Waals surface area contributed by atoms with Gasteiger partial charge in [-0.1, -0.05) is 20.8 Å². The standard InChI is InChI=1S/C26H32O6/c1-4-17-9-19-18-7-5-6-8-22(27)21(26(28)29)10-20(18)25(15(2)3)32-24(19)11-23(17)31-14-16-12-30-13-16/h9-11,15-16,25H,4-8,12-14H2,1-3H3,(H,28,29). The van der Waals surface area contributed by atoms with E-state index in [1.165, 1.54) is 0 Å². The average molecular weight is 441 g/mol. The highest BCUT2D eigenvalue weighted by Crippen LogP contribution is 2.45. The van der Waals surface area contributed by atoms with E-state index in [1.807, 2.05) is 6.07 Å². The predicted molar refractivity (Wildman–Crippen MR) is 121 cm³/mol. The molecule has 2 heterocycles. The maximum absolute atomic E-state index is 12.5. The molecule has 1 aromatic rings. The maximum Gasteiger partial charge on any atom is 0.339 e. The summed E-state index contributed by atoms with van der Waals surface area (Å²) < 4.78 is 17.8. The largest absolute Gasteiger partial charge is 0.493 e. The predicted octanol–water partition coefficient (Wildman–Crippen LogP) is 4.60. The van der Waals surface area contributed by atoms with Gasteiger partial charge in [-0.3, -0.25) is 4.79 Å². The molecule has 32 heavy (non-hydrogen) atoms. The van der Waals surface area contributed by atoms with Crippen molar-refractivity contribution in [3.8, 4) is 11.5 Å². The number of hydrogen-bond acceptors (Lipinski definition) is 5. The Morgan fingerprint density at radius 3 is 2.59 bits per heavy atom. The van der Waals surface area contributed by atoms with Crippen LogP contribution in [0.2, 0.25) is 0 Å². The Balaban J connectivity index is 1.82. The summed E-state index contributed by atoms with van der Waals surface area (Å²) in [5, 5.41) is 9.70. The van der Waals surface area contributed by atoms with Crippen LogP contribution in [0.25, 0.3) is 5.57 Å². The van der Waals surface area contributed by atoms with Crippen LogP contribution in [0.4, 0.5) is 0 Å². The number of carboxylic acids is 1. The molecule has 1 atom stereocenters. The van der Waals surface area contributed by atoms with Crippen molar-refractivity contribution in [2.24, 2.45) is 11.8 Å². The molecule has 1 aromatic carbocycles. The average Bonchev–Trinajstić information content (AvgIpc) is 2.80. The summed E-state index contributed by atoms with van der Waals surface area (Å²) in [6, 6.07) is 4.12. The van der Waals surface area contributed by atoms with E-state index in [2.05, 4.69) is 26.8 Å². The molecule has 0 aromatic heterocycles. The number of aryl methyl sites for hydroxylation is 1. The van der Waals surface area contributed by atoms with E-state index in [0.717, 1.165) is 66.2 Å². The molecular formula is C26H32O6. The van der Waals surface area contributed by atoms with Crippen molar-refractivity contribution < 1.29 is 28.9 Å². The lowest BCUT2D eigenvalue weighted by Crippen LogP contribution is -2.33. The first-order chi connectivity index (χ1) is 15.4. The monoisotopic (exact) mass is 440 g/mol. The van der Waals surface area contributed by atoms with Crippen molar-refractivity contribution in [3.63, 3.8) is 0 Å². The lowest BCUT2D eigenvalue weighted by atomic mass is 9.84. The number of ketones is 1. The number of fused-ring (bicyclic) bond motifs is 2. The van der Waals surface area contributed by atoms with Gasteiger partial charge in [0.15, 0.2) is 5.78 Å². The molecular weight excluding hydrogens is 408 g/mol. The summed E-state index contributed by atoms with van der Waals surface area (Å²) >= 11 is 0. The van der Waals surface area contributed by atoms with Gasteiger partial charge < -0.3 is 19.3 Å². The van der Waals surface area contributed by atoms with Crippen molar-refractivity contribution in [2.45, 2.75) is 59.0 Å². The molecule has 0 radical (unpaired) electrons. The number of hydrogen-bond donors (Lipinski definition) is 1. The van der Waals surface area contributed by atoms with Crippen LogP contribution in [0, 0.1) is 11.8 Å². The third kappa shape index (κ3) is 4.46. The molecule has 172 valence electrons. The first kappa shape index (κ1) is 22.6. The summed E-state index contributed by atoms with van der Waals surface area (Å²) in [5.41, 5.74) is 3.86. The molecule has 1 N–H and O–H groups in total. The fraction of sp³-hybridized carbons (Fsp3) is 0.538. The Morgan fingerprint density at radius 2 is 1.97 bits per heavy atom. The zero-order valence-corrected chi connectivity index (χ0v) is 19.1. The molecule has 0 saturated carbocycles. The summed E-state index contributed by atoms with van der Waals surface area (Å²) in [4.78, 5) is 24.4. The summed E-state index contributed by atoms with van der Waals surface area (Å²) in [6.45, 7) is 8.31. The Kier molecular flexibility index (Phi) is 6.70. The smallest absolute Gasteiger partial charge is 0.339 e. The van der Waals surface area contributed by atoms with Crippen LogP contribution in [0.5, 0.6) is 11.5 Å². The number of allylic oxidation sites excluding steroid dienone is 1. The quantitative estimate of drug-likeness (QED) is 0.651. The normalized spacial score (nSPS) is 21.4. The van der Waals surface area contributed by atoms with Crippen LogP contribution < -0.4 is 9.47 Å². The molecule has 0 bridgehead atoms. The third-order valence-electron chi connectivity index (χ3n) is 6.48. The van der Waals surface area contributed by atoms with Crippen molar-refractivity contribution in [3.05, 3.63) is 40.5 Å². The number of carbonyl (C=O) groups excluding carboxylic acids is 1. The molecule has 0 spiro atoms. The zero-order chi connectivity index (χ0) is 22.8. The van der Waals surface area contributed by atoms with E-state index in [9.17, 15) is 14.7 Å². The van der Waals surface area contributed by atoms with Crippen LogP contribution in [-0.2, 0) is 20.7 Å². The molecule has 1 unspecified atom stereocenters. The number of carboxylic acid groups (broad SMARTS) is 1. The molecule has 3 aliphatic rings. The molecule has 1 aliphatic carbocycles. The minimum absolute atomic E-state index is 0.109. The molecule has 2 aliphatic heterocycles. The second-order valence-corrected chi connectivity index (χ2v) is 9.23. The van der Waals surface area contributed by atoms with Gasteiger partial charge in [0.25, 0.3) is 0 Å². The van der Waals surface area contributed by atoms with E-state index in [1.54, 1.807) is 6.08 Å². The van der Waals surface area contributed by atoms with E-state index in [0.29, 0.717) is 18.9 Å². The van der Waals surface area contributed by atoms with Gasteiger partial charge >= 0.3 is 5.97 Å². The fourth-order valence-corrected chi connectivity index (χ4v) is 4.55. The molecule has 0 amide bonds. The van der Waals surface area contributed by atoms with Gasteiger partial charge in [-0.15, -0.1) is 0 Å². The highest BCUT2D eigenvalue weighted by Gasteiger charge is 2.33. The third-order valence-corrected chi connectivity index (χ3v) is 6.48. The highest BCUT2D eigenvalue weighted by atomic mass is 16.5. The fourth-order valence-electron chi connectivity index (χ4n) is 4.55. The number of benzene rings is 1. The minimum atomic E-state index is -1.17. The molecule has 6 heteroatoms. The van der Waals surface area contributed by atoms with Gasteiger partial charge in [-0.2, -0.15) is 0 Å². The van der Waals surface area contributed by atoms with Gasteiger partial charge in [0.1, 0.15) is 23.2 Å². The number of Topliss-reactive ketones (excluding diaryl/α,β-unsaturated/α-hetero) is 1. The van der Waals surface area contributed by atoms with E-state index in [-0.39, 0.29) is 29.8 Å². The first-order valence-electron chi connectivity index (χ1n) is 11.6. The lowest BCUT2D eigenvalue weighted by Gasteiger charge is -2.34. The number of ether oxygens (including phenoxy) is 3. The Morgan fingerprint density at radius 1 is 1.22 bits per heavy atom. The SMILES string of the molecule is CCc1cc2c(cc1OCC1COC1)OC(C(C)C)C1=C2CCCCC(=O)C(C(=O)O)=C1. The van der Waals surface area contributed by atoms with Gasteiger partial charge in [-0.25, -0.2) is 4.79 Å². The Bertz CT molecular complexity index is 967. The van der Waals surface area contributed by atoms with Crippen molar-refractivity contribution in [1.82, 2.24) is 0 Å². The van der Waals surface area contributed by atoms with Crippen LogP contribution in [-0.4, -0.2) is 42.8 Å². The number of aliphatic carboxylic acids is 1. The summed E-state index contributed by atoms with van der Waals surface area (Å²) in [5.74, 6) is 0.672. The zero-order valence-electron chi connectivity index (χ0n) is 19.1. The summed E-state index contributed by atoms with van der Waals surface area (Å²) in [7, 11) is 0. The van der Waals surface area contributed by atoms with Gasteiger partial charge in [0.2, 0.25) is 0 Å². The minimum Gasteiger partial charge on any atom is -0.493 e. The molecule has 4 rings (SSSR count). The van der Waals surface area contributed by atoms with Crippen LogP contribution in [0.3, 0.4) is 0 Å². The van der Waals surface area contributed by atoms with E-state index < -0.39 is 5.97 Å². The van der Waals surface area contributed by atoms with Crippen molar-refractivity contribution in [1.29, 1.82) is 0 Å². The maximum atomic E-state index is 12.5. The first-order valence-corrected chi connectivity index (χ1v) is 11.6. The Hall–Kier alpha value is -2.60. The number of carbonyl (C=O) groups is 2. The lowest BCUT2D eigenvalue weighted by molar-refractivity contribution is -0.134. The van der Waals surface area contributed by atoms with Crippen LogP contribution >= 0.6 is 0 Å². The van der Waals surface area contributed by atoms with Gasteiger partial charge in [-0.05, 0) is 60.5 Å². The molecule has 6 nitrogen and oxygen atoms in total. The van der Waals surface area contributed by atoms with Crippen molar-refractivity contribution >= 4 is 17.3 Å². The van der Waals surface area contributed by atoms with E-state index in [4.69, 9.17) is 14.2 Å².